The quantitative estimate of drug-likeness (QED) is 0.860. The Bertz CT molecular complexity index is 427. The van der Waals surface area contributed by atoms with Gasteiger partial charge in [0.2, 0.25) is 0 Å². The van der Waals surface area contributed by atoms with Crippen molar-refractivity contribution in [1.82, 2.24) is 0 Å². The second kappa shape index (κ2) is 4.90. The van der Waals surface area contributed by atoms with Crippen LogP contribution in [-0.2, 0) is 6.42 Å². The number of nitrogens with two attached hydrogens (primary N) is 1. The van der Waals surface area contributed by atoms with Crippen LogP contribution in [0.5, 0.6) is 5.75 Å². The van der Waals surface area contributed by atoms with Gasteiger partial charge in [-0.1, -0.05) is 18.2 Å². The van der Waals surface area contributed by atoms with E-state index in [0.29, 0.717) is 13.0 Å². The van der Waals surface area contributed by atoms with Gasteiger partial charge in [0.1, 0.15) is 11.4 Å². The first-order valence-corrected chi connectivity index (χ1v) is 6.62. The molecule has 2 unspecified atom stereocenters. The molecule has 1 aliphatic rings. The highest BCUT2D eigenvalue weighted by atomic mass is 16.5. The van der Waals surface area contributed by atoms with Crippen LogP contribution < -0.4 is 10.5 Å². The number of fused-ring (bicyclic) bond motifs is 1. The van der Waals surface area contributed by atoms with Gasteiger partial charge in [-0.05, 0) is 44.9 Å². The zero-order valence-electron chi connectivity index (χ0n) is 11.4. The highest BCUT2D eigenvalue weighted by Crippen LogP contribution is 2.41. The smallest absolute Gasteiger partial charge is 0.126 e. The van der Waals surface area contributed by atoms with E-state index in [1.54, 1.807) is 6.92 Å². The maximum atomic E-state index is 9.57. The van der Waals surface area contributed by atoms with Gasteiger partial charge in [-0.3, -0.25) is 0 Å². The van der Waals surface area contributed by atoms with Crippen LogP contribution in [-0.4, -0.2) is 23.4 Å². The number of aliphatic hydroxyl groups excluding tert-OH is 1. The van der Waals surface area contributed by atoms with Gasteiger partial charge in [-0.25, -0.2) is 0 Å². The Balaban J connectivity index is 2.33. The Morgan fingerprint density at radius 3 is 2.78 bits per heavy atom. The monoisotopic (exact) mass is 249 g/mol. The van der Waals surface area contributed by atoms with E-state index >= 15 is 0 Å². The van der Waals surface area contributed by atoms with Gasteiger partial charge in [0.05, 0.1) is 6.10 Å². The largest absolute Gasteiger partial charge is 0.487 e. The predicted molar refractivity (Wildman–Crippen MR) is 72.9 cm³/mol. The SMILES string of the molecule is CC(O)CC(CN)c1cccc2c1OC(C)(C)C2. The van der Waals surface area contributed by atoms with E-state index in [1.807, 2.05) is 0 Å². The van der Waals surface area contributed by atoms with Crippen LogP contribution in [0.1, 0.15) is 44.2 Å². The molecule has 0 aliphatic carbocycles. The third kappa shape index (κ3) is 2.68. The highest BCUT2D eigenvalue weighted by molar-refractivity contribution is 5.47. The van der Waals surface area contributed by atoms with E-state index < -0.39 is 0 Å². The molecule has 18 heavy (non-hydrogen) atoms. The molecule has 1 heterocycles. The molecular formula is C15H23NO2. The normalized spacial score (nSPS) is 20.1. The van der Waals surface area contributed by atoms with Crippen molar-refractivity contribution < 1.29 is 9.84 Å². The number of para-hydroxylation sites is 1. The molecule has 2 rings (SSSR count). The average Bonchev–Trinajstić information content (AvgIpc) is 2.59. The number of rotatable bonds is 4. The van der Waals surface area contributed by atoms with E-state index in [0.717, 1.165) is 17.7 Å². The summed E-state index contributed by atoms with van der Waals surface area (Å²) in [6, 6.07) is 6.24. The molecule has 0 saturated heterocycles. The molecule has 1 aromatic carbocycles. The molecule has 1 aromatic rings. The molecular weight excluding hydrogens is 226 g/mol. The molecule has 0 bridgehead atoms. The molecule has 3 N–H and O–H groups in total. The molecule has 0 fully saturated rings. The summed E-state index contributed by atoms with van der Waals surface area (Å²) in [6.45, 7) is 6.54. The molecule has 0 spiro atoms. The molecule has 2 atom stereocenters. The maximum Gasteiger partial charge on any atom is 0.126 e. The molecule has 100 valence electrons. The van der Waals surface area contributed by atoms with E-state index in [4.69, 9.17) is 10.5 Å². The Morgan fingerprint density at radius 1 is 1.44 bits per heavy atom. The summed E-state index contributed by atoms with van der Waals surface area (Å²) in [7, 11) is 0. The van der Waals surface area contributed by atoms with Crippen LogP contribution in [0.3, 0.4) is 0 Å². The van der Waals surface area contributed by atoms with Crippen LogP contribution in [0, 0.1) is 0 Å². The van der Waals surface area contributed by atoms with Crippen molar-refractivity contribution in [2.75, 3.05) is 6.54 Å². The Hall–Kier alpha value is -1.06. The summed E-state index contributed by atoms with van der Waals surface area (Å²) >= 11 is 0. The molecule has 0 radical (unpaired) electrons. The fourth-order valence-corrected chi connectivity index (χ4v) is 2.72. The first-order valence-electron chi connectivity index (χ1n) is 6.62. The molecule has 3 heteroatoms. The minimum Gasteiger partial charge on any atom is -0.487 e. The lowest BCUT2D eigenvalue weighted by Crippen LogP contribution is -2.25. The van der Waals surface area contributed by atoms with Crippen LogP contribution in [0.15, 0.2) is 18.2 Å². The number of hydrogen-bond donors (Lipinski definition) is 2. The van der Waals surface area contributed by atoms with Crippen molar-refractivity contribution in [2.45, 2.75) is 51.2 Å². The number of benzene rings is 1. The number of ether oxygens (including phenoxy) is 1. The zero-order chi connectivity index (χ0) is 13.3. The van der Waals surface area contributed by atoms with Gasteiger partial charge in [0.25, 0.3) is 0 Å². The van der Waals surface area contributed by atoms with Crippen molar-refractivity contribution in [3.63, 3.8) is 0 Å². The lowest BCUT2D eigenvalue weighted by Gasteiger charge is -2.22. The molecule has 3 nitrogen and oxygen atoms in total. The lowest BCUT2D eigenvalue weighted by atomic mass is 9.91. The number of hydrogen-bond acceptors (Lipinski definition) is 3. The van der Waals surface area contributed by atoms with E-state index in [1.165, 1.54) is 5.56 Å². The topological polar surface area (TPSA) is 55.5 Å². The Labute approximate surface area is 109 Å². The van der Waals surface area contributed by atoms with Crippen molar-refractivity contribution in [1.29, 1.82) is 0 Å². The molecule has 0 aromatic heterocycles. The standard InChI is InChI=1S/C15H23NO2/c1-10(17)7-12(9-16)13-6-4-5-11-8-15(2,3)18-14(11)13/h4-6,10,12,17H,7-9,16H2,1-3H3. The fourth-order valence-electron chi connectivity index (χ4n) is 2.72. The second-order valence-electron chi connectivity index (χ2n) is 5.89. The second-order valence-corrected chi connectivity index (χ2v) is 5.89. The fraction of sp³-hybridized carbons (Fsp3) is 0.600. The third-order valence-electron chi connectivity index (χ3n) is 3.47. The maximum absolute atomic E-state index is 9.57. The van der Waals surface area contributed by atoms with Crippen molar-refractivity contribution >= 4 is 0 Å². The summed E-state index contributed by atoms with van der Waals surface area (Å²) in [5.74, 6) is 1.15. The lowest BCUT2D eigenvalue weighted by molar-refractivity contribution is 0.135. The summed E-state index contributed by atoms with van der Waals surface area (Å²) < 4.78 is 6.05. The van der Waals surface area contributed by atoms with Gasteiger partial charge in [0, 0.05) is 12.3 Å². The summed E-state index contributed by atoms with van der Waals surface area (Å²) in [4.78, 5) is 0. The van der Waals surface area contributed by atoms with Gasteiger partial charge in [-0.15, -0.1) is 0 Å². The predicted octanol–water partition coefficient (Wildman–Crippen LogP) is 2.21. The van der Waals surface area contributed by atoms with Crippen LogP contribution in [0.2, 0.25) is 0 Å². The van der Waals surface area contributed by atoms with Gasteiger partial charge < -0.3 is 15.6 Å². The first-order chi connectivity index (χ1) is 8.43. The van der Waals surface area contributed by atoms with Gasteiger partial charge in [0.15, 0.2) is 0 Å². The Kier molecular flexibility index (Phi) is 3.64. The third-order valence-corrected chi connectivity index (χ3v) is 3.47. The average molecular weight is 249 g/mol. The van der Waals surface area contributed by atoms with E-state index in [2.05, 4.69) is 32.0 Å². The number of aliphatic hydroxyl groups is 1. The summed E-state index contributed by atoms with van der Waals surface area (Å²) in [6.07, 6.45) is 1.27. The van der Waals surface area contributed by atoms with Crippen molar-refractivity contribution in [3.05, 3.63) is 29.3 Å². The first kappa shape index (κ1) is 13.4. The van der Waals surface area contributed by atoms with Gasteiger partial charge in [-0.2, -0.15) is 0 Å². The summed E-state index contributed by atoms with van der Waals surface area (Å²) in [5, 5.41) is 9.57. The van der Waals surface area contributed by atoms with Crippen LogP contribution >= 0.6 is 0 Å². The molecule has 0 amide bonds. The van der Waals surface area contributed by atoms with E-state index in [-0.39, 0.29) is 17.6 Å². The molecule has 0 saturated carbocycles. The van der Waals surface area contributed by atoms with Crippen molar-refractivity contribution in [3.8, 4) is 5.75 Å². The zero-order valence-corrected chi connectivity index (χ0v) is 11.4. The minimum absolute atomic E-state index is 0.136. The van der Waals surface area contributed by atoms with E-state index in [9.17, 15) is 5.11 Å². The van der Waals surface area contributed by atoms with Crippen LogP contribution in [0.4, 0.5) is 0 Å². The van der Waals surface area contributed by atoms with Crippen LogP contribution in [0.25, 0.3) is 0 Å². The van der Waals surface area contributed by atoms with Gasteiger partial charge >= 0.3 is 0 Å². The molecule has 1 aliphatic heterocycles. The highest BCUT2D eigenvalue weighted by Gasteiger charge is 2.33. The van der Waals surface area contributed by atoms with Crippen molar-refractivity contribution in [2.24, 2.45) is 5.73 Å². The Morgan fingerprint density at radius 2 is 2.17 bits per heavy atom. The minimum atomic E-state index is -0.344. The summed E-state index contributed by atoms with van der Waals surface area (Å²) in [5.41, 5.74) is 8.10.